The SMILES string of the molecule is N#CC(=C(c1ccccc1)c1ccccc1)c1ccc(-c2ccc3ccc4cccc5ccc2c3c45)cc1. The van der Waals surface area contributed by atoms with E-state index in [4.69, 9.17) is 0 Å². The van der Waals surface area contributed by atoms with Crippen LogP contribution in [0.5, 0.6) is 0 Å². The summed E-state index contributed by atoms with van der Waals surface area (Å²) in [5, 5.41) is 18.0. The van der Waals surface area contributed by atoms with Crippen LogP contribution in [-0.2, 0) is 0 Å². The molecule has 0 spiro atoms. The van der Waals surface area contributed by atoms with Gasteiger partial charge in [0.05, 0.1) is 5.57 Å². The highest BCUT2D eigenvalue weighted by atomic mass is 14.3. The lowest BCUT2D eigenvalue weighted by Gasteiger charge is -2.15. The van der Waals surface area contributed by atoms with Gasteiger partial charge in [-0.05, 0) is 60.1 Å². The molecule has 0 radical (unpaired) electrons. The number of nitrogens with zero attached hydrogens (tertiary/aromatic N) is 1. The van der Waals surface area contributed by atoms with Crippen molar-refractivity contribution in [2.75, 3.05) is 0 Å². The Hall–Kier alpha value is -5.19. The van der Waals surface area contributed by atoms with Gasteiger partial charge >= 0.3 is 0 Å². The summed E-state index contributed by atoms with van der Waals surface area (Å²) in [6.45, 7) is 0. The summed E-state index contributed by atoms with van der Waals surface area (Å²) in [5.41, 5.74) is 6.95. The van der Waals surface area contributed by atoms with E-state index in [1.807, 2.05) is 36.4 Å². The van der Waals surface area contributed by atoms with Gasteiger partial charge in [0.2, 0.25) is 0 Å². The summed E-state index contributed by atoms with van der Waals surface area (Å²) in [5.74, 6) is 0. The van der Waals surface area contributed by atoms with Crippen LogP contribution in [0.4, 0.5) is 0 Å². The Labute approximate surface area is 221 Å². The molecule has 0 saturated heterocycles. The molecule has 38 heavy (non-hydrogen) atoms. The Morgan fingerprint density at radius 3 is 1.61 bits per heavy atom. The second-order valence-corrected chi connectivity index (χ2v) is 9.64. The molecular formula is C37H23N. The first-order chi connectivity index (χ1) is 18.8. The summed E-state index contributed by atoms with van der Waals surface area (Å²) in [6, 6.07) is 51.2. The van der Waals surface area contributed by atoms with Gasteiger partial charge in [0.25, 0.3) is 0 Å². The minimum Gasteiger partial charge on any atom is -0.192 e. The van der Waals surface area contributed by atoms with Gasteiger partial charge in [0.1, 0.15) is 6.07 Å². The molecule has 0 bridgehead atoms. The molecule has 0 fully saturated rings. The van der Waals surface area contributed by atoms with E-state index < -0.39 is 0 Å². The number of nitriles is 1. The number of allylic oxidation sites excluding steroid dienone is 1. The molecular weight excluding hydrogens is 458 g/mol. The van der Waals surface area contributed by atoms with Gasteiger partial charge in [-0.3, -0.25) is 0 Å². The van der Waals surface area contributed by atoms with Crippen LogP contribution in [0.2, 0.25) is 0 Å². The average molecular weight is 482 g/mol. The standard InChI is InChI=1S/C37H23N/c38-24-34(35(27-8-3-1-4-9-27)28-10-5-2-6-11-28)26-16-14-25(15-17-26)32-22-20-31-19-18-29-12-7-13-30-21-23-33(32)37(31)36(29)30/h1-23H. The van der Waals surface area contributed by atoms with Gasteiger partial charge in [0.15, 0.2) is 0 Å². The molecule has 0 aliphatic rings. The fourth-order valence-electron chi connectivity index (χ4n) is 5.73. The van der Waals surface area contributed by atoms with Crippen molar-refractivity contribution >= 4 is 43.5 Å². The molecule has 0 atom stereocenters. The minimum atomic E-state index is 0.671. The molecule has 0 saturated carbocycles. The number of rotatable bonds is 4. The van der Waals surface area contributed by atoms with E-state index >= 15 is 0 Å². The zero-order valence-electron chi connectivity index (χ0n) is 20.7. The van der Waals surface area contributed by atoms with E-state index in [1.54, 1.807) is 0 Å². The molecule has 1 nitrogen and oxygen atoms in total. The van der Waals surface area contributed by atoms with Crippen molar-refractivity contribution in [2.45, 2.75) is 0 Å². The quantitative estimate of drug-likeness (QED) is 0.139. The Morgan fingerprint density at radius 2 is 1.00 bits per heavy atom. The monoisotopic (exact) mass is 481 g/mol. The lowest BCUT2D eigenvalue weighted by Crippen LogP contribution is -1.94. The summed E-state index contributed by atoms with van der Waals surface area (Å²) in [6.07, 6.45) is 0. The van der Waals surface area contributed by atoms with Gasteiger partial charge in [-0.2, -0.15) is 5.26 Å². The average Bonchev–Trinajstić information content (AvgIpc) is 2.99. The fourth-order valence-corrected chi connectivity index (χ4v) is 5.73. The molecule has 0 unspecified atom stereocenters. The van der Waals surface area contributed by atoms with Gasteiger partial charge in [-0.1, -0.05) is 140 Å². The second kappa shape index (κ2) is 9.04. The zero-order valence-corrected chi connectivity index (χ0v) is 20.7. The van der Waals surface area contributed by atoms with Crippen LogP contribution >= 0.6 is 0 Å². The molecule has 0 amide bonds. The molecule has 7 aromatic carbocycles. The van der Waals surface area contributed by atoms with Crippen LogP contribution in [0, 0.1) is 11.3 Å². The first kappa shape index (κ1) is 22.0. The first-order valence-corrected chi connectivity index (χ1v) is 12.8. The molecule has 0 aliphatic heterocycles. The van der Waals surface area contributed by atoms with E-state index in [-0.39, 0.29) is 0 Å². The Morgan fingerprint density at radius 1 is 0.447 bits per heavy atom. The third-order valence-corrected chi connectivity index (χ3v) is 7.50. The van der Waals surface area contributed by atoms with Gasteiger partial charge in [-0.15, -0.1) is 0 Å². The lowest BCUT2D eigenvalue weighted by atomic mass is 9.88. The molecule has 0 aliphatic carbocycles. The van der Waals surface area contributed by atoms with Crippen LogP contribution in [0.25, 0.3) is 54.6 Å². The molecule has 0 N–H and O–H groups in total. The maximum absolute atomic E-state index is 10.3. The lowest BCUT2D eigenvalue weighted by molar-refractivity contribution is 1.50. The third-order valence-electron chi connectivity index (χ3n) is 7.50. The molecule has 7 aromatic rings. The number of hydrogen-bond donors (Lipinski definition) is 0. The topological polar surface area (TPSA) is 23.8 Å². The zero-order chi connectivity index (χ0) is 25.5. The van der Waals surface area contributed by atoms with E-state index in [0.29, 0.717) is 5.57 Å². The van der Waals surface area contributed by atoms with Crippen LogP contribution in [0.1, 0.15) is 16.7 Å². The van der Waals surface area contributed by atoms with E-state index in [1.165, 1.54) is 37.9 Å². The summed E-state index contributed by atoms with van der Waals surface area (Å²) in [4.78, 5) is 0. The Bertz CT molecular complexity index is 1930. The predicted octanol–water partition coefficient (Wildman–Crippen LogP) is 9.73. The van der Waals surface area contributed by atoms with Gasteiger partial charge in [-0.25, -0.2) is 0 Å². The van der Waals surface area contributed by atoms with Crippen molar-refractivity contribution in [3.8, 4) is 17.2 Å². The van der Waals surface area contributed by atoms with Crippen molar-refractivity contribution in [3.63, 3.8) is 0 Å². The molecule has 176 valence electrons. The molecule has 1 heteroatoms. The van der Waals surface area contributed by atoms with Crippen LogP contribution in [-0.4, -0.2) is 0 Å². The second-order valence-electron chi connectivity index (χ2n) is 9.64. The van der Waals surface area contributed by atoms with Crippen molar-refractivity contribution in [1.82, 2.24) is 0 Å². The summed E-state index contributed by atoms with van der Waals surface area (Å²) >= 11 is 0. The van der Waals surface area contributed by atoms with Crippen molar-refractivity contribution < 1.29 is 0 Å². The highest BCUT2D eigenvalue weighted by Gasteiger charge is 2.15. The highest BCUT2D eigenvalue weighted by Crippen LogP contribution is 2.40. The smallest absolute Gasteiger partial charge is 0.100 e. The van der Waals surface area contributed by atoms with E-state index in [9.17, 15) is 5.26 Å². The molecule has 0 heterocycles. The van der Waals surface area contributed by atoms with Crippen LogP contribution in [0.3, 0.4) is 0 Å². The summed E-state index contributed by atoms with van der Waals surface area (Å²) < 4.78 is 0. The third kappa shape index (κ3) is 3.55. The highest BCUT2D eigenvalue weighted by molar-refractivity contribution is 6.25. The number of benzene rings is 7. The van der Waals surface area contributed by atoms with Crippen LogP contribution in [0.15, 0.2) is 140 Å². The molecule has 0 aromatic heterocycles. The maximum atomic E-state index is 10.3. The van der Waals surface area contributed by atoms with Crippen molar-refractivity contribution in [3.05, 3.63) is 156 Å². The van der Waals surface area contributed by atoms with Crippen LogP contribution < -0.4 is 0 Å². The maximum Gasteiger partial charge on any atom is 0.100 e. The van der Waals surface area contributed by atoms with Gasteiger partial charge < -0.3 is 0 Å². The largest absolute Gasteiger partial charge is 0.192 e. The first-order valence-electron chi connectivity index (χ1n) is 12.8. The number of hydrogen-bond acceptors (Lipinski definition) is 1. The van der Waals surface area contributed by atoms with Gasteiger partial charge in [0, 0.05) is 5.57 Å². The molecule has 7 rings (SSSR count). The van der Waals surface area contributed by atoms with E-state index in [0.717, 1.165) is 27.8 Å². The van der Waals surface area contributed by atoms with E-state index in [2.05, 4.69) is 109 Å². The predicted molar refractivity (Wildman–Crippen MR) is 160 cm³/mol. The Balaban J connectivity index is 1.39. The fraction of sp³-hybridized carbons (Fsp3) is 0. The minimum absolute atomic E-state index is 0.671. The Kier molecular flexibility index (Phi) is 5.24. The summed E-state index contributed by atoms with van der Waals surface area (Å²) in [7, 11) is 0. The van der Waals surface area contributed by atoms with Crippen molar-refractivity contribution in [1.29, 1.82) is 5.26 Å². The van der Waals surface area contributed by atoms with Crippen molar-refractivity contribution in [2.24, 2.45) is 0 Å². The normalized spacial score (nSPS) is 11.1.